The highest BCUT2D eigenvalue weighted by molar-refractivity contribution is 6.33. The zero-order valence-electron chi connectivity index (χ0n) is 10.9. The molecule has 0 aromatic heterocycles. The van der Waals surface area contributed by atoms with E-state index in [-0.39, 0.29) is 28.7 Å². The normalized spacial score (nSPS) is 21.0. The molecule has 1 aliphatic rings. The Hall–Kier alpha value is -2.15. The summed E-state index contributed by atoms with van der Waals surface area (Å²) >= 11 is 5.90. The first-order valence-electron chi connectivity index (χ1n) is 6.36. The number of aliphatic carboxylic acids is 1. The van der Waals surface area contributed by atoms with E-state index < -0.39 is 22.7 Å². The lowest BCUT2D eigenvalue weighted by Gasteiger charge is -2.11. The molecular weight excluding hydrogens is 300 g/mol. The van der Waals surface area contributed by atoms with E-state index in [0.29, 0.717) is 12.8 Å². The van der Waals surface area contributed by atoms with Crippen molar-refractivity contribution in [2.24, 2.45) is 11.8 Å². The maximum Gasteiger partial charge on any atom is 0.306 e. The van der Waals surface area contributed by atoms with E-state index in [1.165, 1.54) is 18.2 Å². The molecule has 2 unspecified atom stereocenters. The molecule has 1 fully saturated rings. The number of hydrogen-bond donors (Lipinski definition) is 2. The number of rotatable bonds is 4. The topological polar surface area (TPSA) is 110 Å². The first-order valence-corrected chi connectivity index (χ1v) is 6.74. The van der Waals surface area contributed by atoms with Crippen molar-refractivity contribution in [2.75, 3.05) is 5.32 Å². The minimum atomic E-state index is -0.904. The SMILES string of the molecule is O=C(O)C1CCC(C(=O)Nc2cc([N+](=O)[O-])ccc2Cl)C1. The second kappa shape index (κ2) is 6.09. The number of benzene rings is 1. The summed E-state index contributed by atoms with van der Waals surface area (Å²) in [5, 5.41) is 22.4. The number of nitro groups is 1. The lowest BCUT2D eigenvalue weighted by molar-refractivity contribution is -0.384. The zero-order chi connectivity index (χ0) is 15.6. The van der Waals surface area contributed by atoms with Crippen molar-refractivity contribution < 1.29 is 19.6 Å². The van der Waals surface area contributed by atoms with Gasteiger partial charge < -0.3 is 10.4 Å². The molecule has 2 rings (SSSR count). The van der Waals surface area contributed by atoms with Gasteiger partial charge in [0.15, 0.2) is 0 Å². The van der Waals surface area contributed by atoms with Crippen LogP contribution in [0.3, 0.4) is 0 Å². The average molecular weight is 313 g/mol. The number of carboxylic acid groups (broad SMARTS) is 1. The highest BCUT2D eigenvalue weighted by Gasteiger charge is 2.34. The summed E-state index contributed by atoms with van der Waals surface area (Å²) in [4.78, 5) is 33.1. The largest absolute Gasteiger partial charge is 0.481 e. The van der Waals surface area contributed by atoms with Crippen molar-refractivity contribution in [2.45, 2.75) is 19.3 Å². The minimum Gasteiger partial charge on any atom is -0.481 e. The van der Waals surface area contributed by atoms with Gasteiger partial charge in [0, 0.05) is 18.1 Å². The highest BCUT2D eigenvalue weighted by Crippen LogP contribution is 2.33. The van der Waals surface area contributed by atoms with Crippen molar-refractivity contribution >= 4 is 34.9 Å². The number of non-ortho nitro benzene ring substituents is 1. The molecule has 1 aromatic rings. The summed E-state index contributed by atoms with van der Waals surface area (Å²) in [6, 6.07) is 3.77. The first kappa shape index (κ1) is 15.2. The monoisotopic (exact) mass is 312 g/mol. The van der Waals surface area contributed by atoms with Crippen LogP contribution >= 0.6 is 11.6 Å². The molecule has 2 atom stereocenters. The van der Waals surface area contributed by atoms with E-state index in [2.05, 4.69) is 5.32 Å². The van der Waals surface area contributed by atoms with Crippen LogP contribution in [0.5, 0.6) is 0 Å². The molecule has 0 saturated heterocycles. The number of carbonyl (C=O) groups excluding carboxylic acids is 1. The summed E-state index contributed by atoms with van der Waals surface area (Å²) in [6.07, 6.45) is 1.21. The summed E-state index contributed by atoms with van der Waals surface area (Å²) in [5.41, 5.74) is -0.0147. The van der Waals surface area contributed by atoms with Crippen molar-refractivity contribution in [3.05, 3.63) is 33.3 Å². The van der Waals surface area contributed by atoms with Crippen LogP contribution in [0.1, 0.15) is 19.3 Å². The van der Waals surface area contributed by atoms with Gasteiger partial charge in [0.25, 0.3) is 5.69 Å². The quantitative estimate of drug-likeness (QED) is 0.656. The van der Waals surface area contributed by atoms with E-state index in [0.717, 1.165) is 0 Å². The van der Waals surface area contributed by atoms with Crippen LogP contribution in [0.15, 0.2) is 18.2 Å². The molecule has 7 nitrogen and oxygen atoms in total. The van der Waals surface area contributed by atoms with Crippen molar-refractivity contribution in [1.82, 2.24) is 0 Å². The van der Waals surface area contributed by atoms with Crippen LogP contribution in [0.4, 0.5) is 11.4 Å². The molecule has 1 saturated carbocycles. The van der Waals surface area contributed by atoms with Crippen LogP contribution in [-0.2, 0) is 9.59 Å². The second-order valence-electron chi connectivity index (χ2n) is 4.96. The number of halogens is 1. The van der Waals surface area contributed by atoms with Crippen LogP contribution in [0.2, 0.25) is 5.02 Å². The Labute approximate surface area is 125 Å². The third-order valence-corrected chi connectivity index (χ3v) is 3.90. The Balaban J connectivity index is 2.08. The van der Waals surface area contributed by atoms with E-state index in [4.69, 9.17) is 16.7 Å². The Bertz CT molecular complexity index is 604. The molecule has 21 heavy (non-hydrogen) atoms. The number of nitro benzene ring substituents is 1. The Morgan fingerprint density at radius 3 is 2.57 bits per heavy atom. The summed E-state index contributed by atoms with van der Waals surface area (Å²) in [6.45, 7) is 0. The van der Waals surface area contributed by atoms with Gasteiger partial charge in [-0.1, -0.05) is 11.6 Å². The number of carboxylic acids is 1. The summed E-state index contributed by atoms with van der Waals surface area (Å²) in [7, 11) is 0. The number of nitrogens with one attached hydrogen (secondary N) is 1. The maximum atomic E-state index is 12.1. The molecule has 0 spiro atoms. The van der Waals surface area contributed by atoms with Crippen LogP contribution in [0, 0.1) is 22.0 Å². The molecule has 1 aliphatic carbocycles. The Morgan fingerprint density at radius 2 is 2.00 bits per heavy atom. The van der Waals surface area contributed by atoms with E-state index >= 15 is 0 Å². The van der Waals surface area contributed by atoms with Gasteiger partial charge in [0.2, 0.25) is 5.91 Å². The number of amides is 1. The predicted molar refractivity (Wildman–Crippen MR) is 75.2 cm³/mol. The minimum absolute atomic E-state index is 0.162. The molecule has 0 aliphatic heterocycles. The van der Waals surface area contributed by atoms with E-state index in [1.54, 1.807) is 0 Å². The predicted octanol–water partition coefficient (Wildman–Crippen LogP) is 2.69. The fraction of sp³-hybridized carbons (Fsp3) is 0.385. The van der Waals surface area contributed by atoms with Gasteiger partial charge in [-0.05, 0) is 25.3 Å². The molecule has 1 aromatic carbocycles. The summed E-state index contributed by atoms with van der Waals surface area (Å²) < 4.78 is 0. The zero-order valence-corrected chi connectivity index (χ0v) is 11.7. The van der Waals surface area contributed by atoms with Gasteiger partial charge in [0.1, 0.15) is 0 Å². The molecule has 112 valence electrons. The van der Waals surface area contributed by atoms with Crippen molar-refractivity contribution in [3.8, 4) is 0 Å². The van der Waals surface area contributed by atoms with Crippen LogP contribution in [-0.4, -0.2) is 21.9 Å². The van der Waals surface area contributed by atoms with Crippen LogP contribution in [0.25, 0.3) is 0 Å². The smallest absolute Gasteiger partial charge is 0.306 e. The fourth-order valence-electron chi connectivity index (χ4n) is 2.40. The highest BCUT2D eigenvalue weighted by atomic mass is 35.5. The molecule has 0 heterocycles. The molecule has 0 bridgehead atoms. The second-order valence-corrected chi connectivity index (χ2v) is 5.36. The third-order valence-electron chi connectivity index (χ3n) is 3.57. The number of carbonyl (C=O) groups is 2. The van der Waals surface area contributed by atoms with Crippen molar-refractivity contribution in [1.29, 1.82) is 0 Å². The Morgan fingerprint density at radius 1 is 1.33 bits per heavy atom. The molecule has 8 heteroatoms. The van der Waals surface area contributed by atoms with Gasteiger partial charge in [-0.15, -0.1) is 0 Å². The van der Waals surface area contributed by atoms with Gasteiger partial charge >= 0.3 is 5.97 Å². The Kier molecular flexibility index (Phi) is 4.42. The standard InChI is InChI=1S/C13H13ClN2O5/c14-10-4-3-9(16(20)21)6-11(10)15-12(17)7-1-2-8(5-7)13(18)19/h3-4,6-8H,1-2,5H2,(H,15,17)(H,18,19). The molecule has 2 N–H and O–H groups in total. The van der Waals surface area contributed by atoms with Gasteiger partial charge in [-0.3, -0.25) is 19.7 Å². The first-order chi connectivity index (χ1) is 9.88. The van der Waals surface area contributed by atoms with Crippen LogP contribution < -0.4 is 5.32 Å². The maximum absolute atomic E-state index is 12.1. The summed E-state index contributed by atoms with van der Waals surface area (Å²) in [5.74, 6) is -2.19. The number of hydrogen-bond acceptors (Lipinski definition) is 4. The number of anilines is 1. The number of nitrogens with zero attached hydrogens (tertiary/aromatic N) is 1. The average Bonchev–Trinajstić information content (AvgIpc) is 2.90. The van der Waals surface area contributed by atoms with Gasteiger partial charge in [-0.2, -0.15) is 0 Å². The lowest BCUT2D eigenvalue weighted by atomic mass is 10.0. The molecule has 1 amide bonds. The van der Waals surface area contributed by atoms with Gasteiger partial charge in [0.05, 0.1) is 21.6 Å². The fourth-order valence-corrected chi connectivity index (χ4v) is 2.57. The third kappa shape index (κ3) is 3.49. The van der Waals surface area contributed by atoms with E-state index in [1.807, 2.05) is 0 Å². The van der Waals surface area contributed by atoms with Gasteiger partial charge in [-0.25, -0.2) is 0 Å². The van der Waals surface area contributed by atoms with Crippen molar-refractivity contribution in [3.63, 3.8) is 0 Å². The lowest BCUT2D eigenvalue weighted by Crippen LogP contribution is -2.21. The van der Waals surface area contributed by atoms with E-state index in [9.17, 15) is 19.7 Å². The molecular formula is C13H13ClN2O5. The molecule has 0 radical (unpaired) electrons.